The van der Waals surface area contributed by atoms with Gasteiger partial charge in [-0.3, -0.25) is 9.59 Å². The SMILES string of the molecule is CN1C(=O)CC(=O)N(c2ccccc2)S1(=O)=O. The summed E-state index contributed by atoms with van der Waals surface area (Å²) in [6, 6.07) is 7.95. The minimum absolute atomic E-state index is 0.233. The van der Waals surface area contributed by atoms with Crippen LogP contribution in [0, 0.1) is 0 Å². The van der Waals surface area contributed by atoms with E-state index in [1.54, 1.807) is 18.2 Å². The van der Waals surface area contributed by atoms with E-state index in [0.717, 1.165) is 7.05 Å². The molecule has 1 aliphatic heterocycles. The lowest BCUT2D eigenvalue weighted by molar-refractivity contribution is -0.131. The Morgan fingerprint density at radius 1 is 1.06 bits per heavy atom. The van der Waals surface area contributed by atoms with Crippen molar-refractivity contribution in [2.45, 2.75) is 6.42 Å². The van der Waals surface area contributed by atoms with Gasteiger partial charge in [0.15, 0.2) is 0 Å². The molecule has 1 fully saturated rings. The van der Waals surface area contributed by atoms with Gasteiger partial charge in [0, 0.05) is 7.05 Å². The number of amides is 2. The summed E-state index contributed by atoms with van der Waals surface area (Å²) in [7, 11) is -2.95. The average molecular weight is 254 g/mol. The summed E-state index contributed by atoms with van der Waals surface area (Å²) in [6.07, 6.45) is -0.440. The summed E-state index contributed by atoms with van der Waals surface area (Å²) in [5.74, 6) is -1.46. The molecule has 0 saturated carbocycles. The number of anilines is 1. The zero-order valence-corrected chi connectivity index (χ0v) is 9.85. The van der Waals surface area contributed by atoms with Crippen LogP contribution in [0.15, 0.2) is 30.3 Å². The van der Waals surface area contributed by atoms with Crippen LogP contribution in [0.3, 0.4) is 0 Å². The van der Waals surface area contributed by atoms with Crippen molar-refractivity contribution in [1.82, 2.24) is 4.31 Å². The molecule has 0 spiro atoms. The lowest BCUT2D eigenvalue weighted by atomic mass is 10.3. The Kier molecular flexibility index (Phi) is 2.62. The molecule has 0 N–H and O–H groups in total. The van der Waals surface area contributed by atoms with Gasteiger partial charge in [-0.25, -0.2) is 4.31 Å². The Morgan fingerprint density at radius 2 is 1.65 bits per heavy atom. The van der Waals surface area contributed by atoms with Gasteiger partial charge in [-0.05, 0) is 12.1 Å². The number of hydrogen-bond donors (Lipinski definition) is 0. The minimum atomic E-state index is -4.09. The predicted octanol–water partition coefficient (Wildman–Crippen LogP) is 0.127. The molecule has 17 heavy (non-hydrogen) atoms. The summed E-state index contributed by atoms with van der Waals surface area (Å²) < 4.78 is 25.1. The highest BCUT2D eigenvalue weighted by molar-refractivity contribution is 7.92. The standard InChI is InChI=1S/C10H10N2O4S/c1-11-9(13)7-10(14)12(17(11,15)16)8-5-3-2-4-6-8/h2-6H,7H2,1H3. The number of carbonyl (C=O) groups is 2. The van der Waals surface area contributed by atoms with E-state index in [9.17, 15) is 18.0 Å². The van der Waals surface area contributed by atoms with E-state index in [2.05, 4.69) is 0 Å². The molecule has 0 aromatic heterocycles. The van der Waals surface area contributed by atoms with Crippen molar-refractivity contribution in [2.75, 3.05) is 11.4 Å². The van der Waals surface area contributed by atoms with Crippen LogP contribution in [-0.4, -0.2) is 31.6 Å². The van der Waals surface area contributed by atoms with Gasteiger partial charge in [0.25, 0.3) is 5.91 Å². The summed E-state index contributed by atoms with van der Waals surface area (Å²) in [6.45, 7) is 0. The first-order chi connectivity index (χ1) is 7.94. The highest BCUT2D eigenvalue weighted by atomic mass is 32.2. The van der Waals surface area contributed by atoms with E-state index in [4.69, 9.17) is 0 Å². The Hall–Kier alpha value is -1.89. The van der Waals surface area contributed by atoms with Crippen molar-refractivity contribution in [3.05, 3.63) is 30.3 Å². The third-order valence-electron chi connectivity index (χ3n) is 2.45. The first kappa shape index (κ1) is 11.6. The van der Waals surface area contributed by atoms with Crippen LogP contribution in [0.1, 0.15) is 6.42 Å². The molecule has 0 radical (unpaired) electrons. The Labute approximate surface area is 98.6 Å². The molecule has 0 unspecified atom stereocenters. The molecule has 1 aromatic carbocycles. The maximum Gasteiger partial charge on any atom is 0.335 e. The smallest absolute Gasteiger partial charge is 0.273 e. The lowest BCUT2D eigenvalue weighted by Gasteiger charge is -2.31. The summed E-state index contributed by atoms with van der Waals surface area (Å²) in [5, 5.41) is 0. The van der Waals surface area contributed by atoms with E-state index in [1.165, 1.54) is 12.1 Å². The maximum absolute atomic E-state index is 11.9. The van der Waals surface area contributed by atoms with E-state index in [-0.39, 0.29) is 5.69 Å². The fourth-order valence-corrected chi connectivity index (χ4v) is 2.81. The zero-order chi connectivity index (χ0) is 12.6. The van der Waals surface area contributed by atoms with Gasteiger partial charge < -0.3 is 0 Å². The van der Waals surface area contributed by atoms with Crippen LogP contribution < -0.4 is 4.31 Å². The van der Waals surface area contributed by atoms with Crippen molar-refractivity contribution in [3.8, 4) is 0 Å². The maximum atomic E-state index is 11.9. The average Bonchev–Trinajstić information content (AvgIpc) is 2.27. The van der Waals surface area contributed by atoms with Gasteiger partial charge >= 0.3 is 10.2 Å². The highest BCUT2D eigenvalue weighted by Gasteiger charge is 2.41. The van der Waals surface area contributed by atoms with Gasteiger partial charge in [0.1, 0.15) is 6.42 Å². The van der Waals surface area contributed by atoms with Crippen LogP contribution in [0.4, 0.5) is 5.69 Å². The monoisotopic (exact) mass is 254 g/mol. The summed E-state index contributed by atoms with van der Waals surface area (Å²) >= 11 is 0. The van der Waals surface area contributed by atoms with Crippen molar-refractivity contribution >= 4 is 27.7 Å². The lowest BCUT2D eigenvalue weighted by Crippen LogP contribution is -2.53. The Bertz CT molecular complexity index is 567. The van der Waals surface area contributed by atoms with Crippen LogP contribution in [0.2, 0.25) is 0 Å². The van der Waals surface area contributed by atoms with Crippen molar-refractivity contribution in [1.29, 1.82) is 0 Å². The fourth-order valence-electron chi connectivity index (χ4n) is 1.53. The molecule has 0 bridgehead atoms. The number of rotatable bonds is 1. The zero-order valence-electron chi connectivity index (χ0n) is 9.03. The second-order valence-corrected chi connectivity index (χ2v) is 5.35. The largest absolute Gasteiger partial charge is 0.335 e. The Morgan fingerprint density at radius 3 is 2.24 bits per heavy atom. The topological polar surface area (TPSA) is 74.8 Å². The Balaban J connectivity index is 2.53. The van der Waals surface area contributed by atoms with Gasteiger partial charge in [0.05, 0.1) is 5.69 Å². The number of carbonyl (C=O) groups excluding carboxylic acids is 2. The second kappa shape index (κ2) is 3.85. The molecule has 0 atom stereocenters. The molecule has 1 aromatic rings. The predicted molar refractivity (Wildman–Crippen MR) is 60.2 cm³/mol. The second-order valence-electron chi connectivity index (χ2n) is 3.54. The van der Waals surface area contributed by atoms with Crippen molar-refractivity contribution < 1.29 is 18.0 Å². The van der Waals surface area contributed by atoms with Gasteiger partial charge in [0.2, 0.25) is 5.91 Å². The van der Waals surface area contributed by atoms with Crippen molar-refractivity contribution in [2.24, 2.45) is 0 Å². The third kappa shape index (κ3) is 1.78. The number of benzene rings is 1. The number of hydrogen-bond acceptors (Lipinski definition) is 4. The first-order valence-corrected chi connectivity index (χ1v) is 6.24. The van der Waals surface area contributed by atoms with Gasteiger partial charge in [-0.2, -0.15) is 12.7 Å². The molecular formula is C10H10N2O4S. The molecule has 2 rings (SSSR count). The molecule has 1 aliphatic rings. The van der Waals surface area contributed by atoms with Gasteiger partial charge in [-0.15, -0.1) is 0 Å². The molecule has 1 saturated heterocycles. The van der Waals surface area contributed by atoms with Crippen LogP contribution in [0.5, 0.6) is 0 Å². The van der Waals surface area contributed by atoms with E-state index in [0.29, 0.717) is 8.61 Å². The molecule has 6 nitrogen and oxygen atoms in total. The van der Waals surface area contributed by atoms with E-state index in [1.807, 2.05) is 0 Å². The minimum Gasteiger partial charge on any atom is -0.273 e. The fraction of sp³-hybridized carbons (Fsp3) is 0.200. The third-order valence-corrected chi connectivity index (χ3v) is 4.22. The van der Waals surface area contributed by atoms with Crippen molar-refractivity contribution in [3.63, 3.8) is 0 Å². The number of nitrogens with zero attached hydrogens (tertiary/aromatic N) is 2. The van der Waals surface area contributed by atoms with E-state index < -0.39 is 28.4 Å². The molecule has 7 heteroatoms. The highest BCUT2D eigenvalue weighted by Crippen LogP contribution is 2.24. The summed E-state index contributed by atoms with van der Waals surface area (Å²) in [4.78, 5) is 23.0. The molecule has 1 heterocycles. The van der Waals surface area contributed by atoms with Crippen LogP contribution in [0.25, 0.3) is 0 Å². The molecule has 0 aliphatic carbocycles. The molecule has 90 valence electrons. The molecule has 2 amide bonds. The van der Waals surface area contributed by atoms with Crippen LogP contribution in [-0.2, 0) is 19.8 Å². The van der Waals surface area contributed by atoms with Crippen LogP contribution >= 0.6 is 0 Å². The number of para-hydroxylation sites is 1. The first-order valence-electron chi connectivity index (χ1n) is 4.84. The van der Waals surface area contributed by atoms with Gasteiger partial charge in [-0.1, -0.05) is 18.2 Å². The normalized spacial score (nSPS) is 19.6. The summed E-state index contributed by atoms with van der Waals surface area (Å²) in [5.41, 5.74) is 0.233. The van der Waals surface area contributed by atoms with E-state index >= 15 is 0 Å². The molecular weight excluding hydrogens is 244 g/mol. The quantitative estimate of drug-likeness (QED) is 0.667.